The molecule has 0 bridgehead atoms. The van der Waals surface area contributed by atoms with E-state index in [-0.39, 0.29) is 0 Å². The second kappa shape index (κ2) is 9.66. The molecule has 0 aromatic carbocycles. The minimum Gasteiger partial charge on any atom is -0.387 e. The predicted molar refractivity (Wildman–Crippen MR) is 111 cm³/mol. The third-order valence-electron chi connectivity index (χ3n) is 5.22. The van der Waals surface area contributed by atoms with Crippen LogP contribution < -0.4 is 5.73 Å². The molecular formula is C19H32N8. The van der Waals surface area contributed by atoms with Gasteiger partial charge >= 0.3 is 0 Å². The maximum Gasteiger partial charge on any atom is 0.175 e. The van der Waals surface area contributed by atoms with E-state index in [9.17, 15) is 0 Å². The SMILES string of the molecule is C/C=C/c1cc(N=C(N)CC(=N)N2CCN(CCN3CCCC3)CC2)n[nH]1. The topological polar surface area (TPSA) is 101 Å². The summed E-state index contributed by atoms with van der Waals surface area (Å²) in [6.45, 7) is 10.6. The van der Waals surface area contributed by atoms with E-state index in [4.69, 9.17) is 11.1 Å². The first kappa shape index (κ1) is 19.6. The number of nitrogens with one attached hydrogen (secondary N) is 2. The fourth-order valence-corrected chi connectivity index (χ4v) is 3.65. The van der Waals surface area contributed by atoms with Crippen molar-refractivity contribution >= 4 is 23.6 Å². The molecule has 27 heavy (non-hydrogen) atoms. The largest absolute Gasteiger partial charge is 0.387 e. The normalized spacial score (nSPS) is 20.0. The smallest absolute Gasteiger partial charge is 0.175 e. The lowest BCUT2D eigenvalue weighted by Crippen LogP contribution is -2.50. The number of likely N-dealkylation sites (tertiary alicyclic amines) is 1. The van der Waals surface area contributed by atoms with Gasteiger partial charge < -0.3 is 15.5 Å². The number of hydrogen-bond acceptors (Lipinski definition) is 5. The summed E-state index contributed by atoms with van der Waals surface area (Å²) < 4.78 is 0. The molecule has 2 saturated heterocycles. The standard InChI is InChI=1S/C19H32N8/c1-2-5-16-14-19(24-23-16)22-17(20)15-18(21)27-12-10-26(11-13-27)9-8-25-6-3-4-7-25/h2,5,14,21H,3-4,6-13,15H2,1H3,(H3,20,22,23,24)/b5-2+,21-18?. The van der Waals surface area contributed by atoms with Crippen LogP contribution in [0.25, 0.3) is 6.08 Å². The number of rotatable bonds is 7. The Morgan fingerprint density at radius 3 is 2.52 bits per heavy atom. The van der Waals surface area contributed by atoms with Crippen LogP contribution in [-0.4, -0.2) is 88.9 Å². The lowest BCUT2D eigenvalue weighted by atomic mass is 10.2. The van der Waals surface area contributed by atoms with E-state index < -0.39 is 0 Å². The molecular weight excluding hydrogens is 340 g/mol. The van der Waals surface area contributed by atoms with Crippen LogP contribution in [0.4, 0.5) is 5.82 Å². The van der Waals surface area contributed by atoms with Crippen molar-refractivity contribution in [2.24, 2.45) is 10.7 Å². The Bertz CT molecular complexity index is 663. The van der Waals surface area contributed by atoms with Crippen molar-refractivity contribution in [2.45, 2.75) is 26.2 Å². The fourth-order valence-electron chi connectivity index (χ4n) is 3.65. The number of aromatic nitrogens is 2. The van der Waals surface area contributed by atoms with Crippen molar-refractivity contribution in [3.05, 3.63) is 17.8 Å². The number of aromatic amines is 1. The van der Waals surface area contributed by atoms with Crippen molar-refractivity contribution in [2.75, 3.05) is 52.4 Å². The summed E-state index contributed by atoms with van der Waals surface area (Å²) in [5, 5.41) is 15.4. The third kappa shape index (κ3) is 5.90. The maximum absolute atomic E-state index is 8.35. The van der Waals surface area contributed by atoms with Gasteiger partial charge in [-0.1, -0.05) is 6.08 Å². The molecule has 0 saturated carbocycles. The zero-order valence-electron chi connectivity index (χ0n) is 16.3. The van der Waals surface area contributed by atoms with Crippen LogP contribution >= 0.6 is 0 Å². The molecule has 0 radical (unpaired) electrons. The Balaban J connectivity index is 1.41. The molecule has 3 rings (SSSR count). The quantitative estimate of drug-likeness (QED) is 0.498. The molecule has 1 aromatic rings. The molecule has 1 aromatic heterocycles. The van der Waals surface area contributed by atoms with Gasteiger partial charge in [0.05, 0.1) is 12.1 Å². The van der Waals surface area contributed by atoms with Gasteiger partial charge in [0.15, 0.2) is 5.82 Å². The zero-order valence-corrected chi connectivity index (χ0v) is 16.3. The number of allylic oxidation sites excluding steroid dienone is 1. The van der Waals surface area contributed by atoms with Gasteiger partial charge in [-0.05, 0) is 38.9 Å². The number of amidine groups is 2. The summed E-state index contributed by atoms with van der Waals surface area (Å²) in [5.74, 6) is 1.52. The summed E-state index contributed by atoms with van der Waals surface area (Å²) in [5.41, 5.74) is 6.93. The Hall–Kier alpha value is -2.19. The Kier molecular flexibility index (Phi) is 7.00. The van der Waals surface area contributed by atoms with Crippen LogP contribution in [0.2, 0.25) is 0 Å². The minimum atomic E-state index is 0.361. The highest BCUT2D eigenvalue weighted by Crippen LogP contribution is 2.12. The van der Waals surface area contributed by atoms with Gasteiger partial charge in [-0.15, -0.1) is 0 Å². The fraction of sp³-hybridized carbons (Fsp3) is 0.632. The number of aliphatic imine (C=N–C) groups is 1. The second-order valence-electron chi connectivity index (χ2n) is 7.29. The van der Waals surface area contributed by atoms with Crippen molar-refractivity contribution in [3.63, 3.8) is 0 Å². The molecule has 8 heteroatoms. The molecule has 4 N–H and O–H groups in total. The summed E-state index contributed by atoms with van der Waals surface area (Å²) in [7, 11) is 0. The lowest BCUT2D eigenvalue weighted by Gasteiger charge is -2.36. The molecule has 8 nitrogen and oxygen atoms in total. The molecule has 0 unspecified atom stereocenters. The van der Waals surface area contributed by atoms with Gasteiger partial charge in [-0.25, -0.2) is 4.99 Å². The van der Waals surface area contributed by atoms with Crippen LogP contribution in [0.5, 0.6) is 0 Å². The van der Waals surface area contributed by atoms with E-state index in [2.05, 4.69) is 29.9 Å². The molecule has 0 amide bonds. The third-order valence-corrected chi connectivity index (χ3v) is 5.22. The Labute approximate surface area is 161 Å². The zero-order chi connectivity index (χ0) is 19.1. The molecule has 2 aliphatic heterocycles. The van der Waals surface area contributed by atoms with E-state index in [0.717, 1.165) is 38.4 Å². The van der Waals surface area contributed by atoms with Gasteiger partial charge in [-0.3, -0.25) is 15.4 Å². The van der Waals surface area contributed by atoms with E-state index in [0.29, 0.717) is 23.9 Å². The highest BCUT2D eigenvalue weighted by atomic mass is 15.3. The molecule has 0 aliphatic carbocycles. The van der Waals surface area contributed by atoms with Gasteiger partial charge in [0, 0.05) is 45.3 Å². The van der Waals surface area contributed by atoms with Crippen molar-refractivity contribution in [1.29, 1.82) is 5.41 Å². The molecule has 148 valence electrons. The van der Waals surface area contributed by atoms with Crippen LogP contribution in [0.15, 0.2) is 17.1 Å². The first-order valence-corrected chi connectivity index (χ1v) is 9.92. The molecule has 3 heterocycles. The number of nitrogens with zero attached hydrogens (tertiary/aromatic N) is 5. The second-order valence-corrected chi connectivity index (χ2v) is 7.29. The van der Waals surface area contributed by atoms with E-state index >= 15 is 0 Å². The van der Waals surface area contributed by atoms with Gasteiger partial charge in [-0.2, -0.15) is 5.10 Å². The number of H-pyrrole nitrogens is 1. The van der Waals surface area contributed by atoms with E-state index in [1.165, 1.54) is 32.5 Å². The van der Waals surface area contributed by atoms with Crippen molar-refractivity contribution in [3.8, 4) is 0 Å². The maximum atomic E-state index is 8.35. The summed E-state index contributed by atoms with van der Waals surface area (Å²) in [6.07, 6.45) is 6.92. The minimum absolute atomic E-state index is 0.361. The van der Waals surface area contributed by atoms with Gasteiger partial charge in [0.25, 0.3) is 0 Å². The van der Waals surface area contributed by atoms with E-state index in [1.54, 1.807) is 0 Å². The number of hydrogen-bond donors (Lipinski definition) is 3. The summed E-state index contributed by atoms with van der Waals surface area (Å²) >= 11 is 0. The van der Waals surface area contributed by atoms with Crippen LogP contribution in [0.3, 0.4) is 0 Å². The first-order valence-electron chi connectivity index (χ1n) is 9.92. The average Bonchev–Trinajstić information content (AvgIpc) is 3.33. The number of nitrogens with two attached hydrogens (primary N) is 1. The first-order chi connectivity index (χ1) is 13.1. The molecule has 0 atom stereocenters. The van der Waals surface area contributed by atoms with Crippen LogP contribution in [0.1, 0.15) is 31.9 Å². The molecule has 2 aliphatic rings. The van der Waals surface area contributed by atoms with Crippen molar-refractivity contribution in [1.82, 2.24) is 24.9 Å². The highest BCUT2D eigenvalue weighted by Gasteiger charge is 2.20. The average molecular weight is 373 g/mol. The molecule has 2 fully saturated rings. The Morgan fingerprint density at radius 2 is 1.85 bits per heavy atom. The van der Waals surface area contributed by atoms with E-state index in [1.807, 2.05) is 25.1 Å². The van der Waals surface area contributed by atoms with Gasteiger partial charge in [0.1, 0.15) is 11.7 Å². The Morgan fingerprint density at radius 1 is 1.19 bits per heavy atom. The van der Waals surface area contributed by atoms with Crippen molar-refractivity contribution < 1.29 is 0 Å². The summed E-state index contributed by atoms with van der Waals surface area (Å²) in [6, 6.07) is 1.84. The predicted octanol–water partition coefficient (Wildman–Crippen LogP) is 1.51. The number of piperazine rings is 1. The highest BCUT2D eigenvalue weighted by molar-refractivity contribution is 6.01. The van der Waals surface area contributed by atoms with Crippen LogP contribution in [-0.2, 0) is 0 Å². The molecule has 0 spiro atoms. The van der Waals surface area contributed by atoms with Crippen LogP contribution in [0, 0.1) is 5.41 Å². The summed E-state index contributed by atoms with van der Waals surface area (Å²) in [4.78, 5) is 11.5. The van der Waals surface area contributed by atoms with Gasteiger partial charge in [0.2, 0.25) is 0 Å². The lowest BCUT2D eigenvalue weighted by molar-refractivity contribution is 0.162. The monoisotopic (exact) mass is 372 g/mol.